The first-order valence-corrected chi connectivity index (χ1v) is 10.4. The third-order valence-corrected chi connectivity index (χ3v) is 6.34. The predicted molar refractivity (Wildman–Crippen MR) is 123 cm³/mol. The quantitative estimate of drug-likeness (QED) is 0.322. The minimum Gasteiger partial charge on any atom is -0.352 e. The van der Waals surface area contributed by atoms with E-state index in [4.69, 9.17) is 4.98 Å². The number of nitrogens with one attached hydrogen (secondary N) is 2. The number of rotatable bonds is 2. The molecule has 0 radical (unpaired) electrons. The van der Waals surface area contributed by atoms with Crippen LogP contribution in [0, 0.1) is 0 Å². The van der Waals surface area contributed by atoms with E-state index < -0.39 is 0 Å². The summed E-state index contributed by atoms with van der Waals surface area (Å²) in [5, 5.41) is 8.19. The maximum absolute atomic E-state index is 4.78. The van der Waals surface area contributed by atoms with Crippen LogP contribution in [0.1, 0.15) is 0 Å². The van der Waals surface area contributed by atoms with Gasteiger partial charge in [0.25, 0.3) is 0 Å². The van der Waals surface area contributed by atoms with Crippen LogP contribution in [0.25, 0.3) is 31.9 Å². The number of hydrogen-bond donors (Lipinski definition) is 2. The van der Waals surface area contributed by atoms with Gasteiger partial charge in [-0.05, 0) is 35.9 Å². The zero-order chi connectivity index (χ0) is 19.2. The summed E-state index contributed by atoms with van der Waals surface area (Å²) in [6, 6.07) is 31.6. The van der Waals surface area contributed by atoms with Crippen molar-refractivity contribution in [2.75, 3.05) is 10.6 Å². The van der Waals surface area contributed by atoms with E-state index in [-0.39, 0.29) is 0 Å². The first-order valence-electron chi connectivity index (χ1n) is 9.58. The Labute approximate surface area is 172 Å². The highest BCUT2D eigenvalue weighted by Gasteiger charge is 2.17. The first-order chi connectivity index (χ1) is 14.3. The molecule has 0 atom stereocenters. The van der Waals surface area contributed by atoms with Crippen molar-refractivity contribution in [3.63, 3.8) is 0 Å². The van der Waals surface area contributed by atoms with Crippen molar-refractivity contribution in [2.24, 2.45) is 0 Å². The van der Waals surface area contributed by atoms with Crippen LogP contribution >= 0.6 is 11.3 Å². The average molecular weight is 391 g/mol. The molecule has 0 amide bonds. The van der Waals surface area contributed by atoms with Crippen LogP contribution in [0.2, 0.25) is 0 Å². The smallest absolute Gasteiger partial charge is 0.124 e. The molecular weight excluding hydrogens is 374 g/mol. The molecule has 4 aromatic carbocycles. The van der Waals surface area contributed by atoms with Crippen LogP contribution in [0.15, 0.2) is 91.0 Å². The second-order valence-electron chi connectivity index (χ2n) is 7.09. The fourth-order valence-corrected chi connectivity index (χ4v) is 4.77. The van der Waals surface area contributed by atoms with Crippen molar-refractivity contribution >= 4 is 44.3 Å². The van der Waals surface area contributed by atoms with E-state index >= 15 is 0 Å². The Balaban J connectivity index is 1.38. The maximum atomic E-state index is 4.78. The third-order valence-electron chi connectivity index (χ3n) is 5.26. The highest BCUT2D eigenvalue weighted by molar-refractivity contribution is 7.21. The molecule has 6 rings (SSSR count). The number of benzene rings is 4. The lowest BCUT2D eigenvalue weighted by atomic mass is 9.99. The van der Waals surface area contributed by atoms with Crippen LogP contribution < -0.4 is 10.6 Å². The molecule has 2 N–H and O–H groups in total. The molecule has 0 unspecified atom stereocenters. The molecule has 3 nitrogen and oxygen atoms in total. The Kier molecular flexibility index (Phi) is 3.64. The second-order valence-corrected chi connectivity index (χ2v) is 8.12. The molecule has 4 heteroatoms. The molecule has 1 aliphatic rings. The summed E-state index contributed by atoms with van der Waals surface area (Å²) >= 11 is 1.73. The normalized spacial score (nSPS) is 12.0. The summed E-state index contributed by atoms with van der Waals surface area (Å²) in [5.74, 6) is 0. The van der Waals surface area contributed by atoms with Crippen molar-refractivity contribution in [2.45, 2.75) is 0 Å². The predicted octanol–water partition coefficient (Wildman–Crippen LogP) is 7.43. The Morgan fingerprint density at radius 2 is 1.28 bits per heavy atom. The minimum atomic E-state index is 1.06. The number of hydrogen-bond acceptors (Lipinski definition) is 4. The van der Waals surface area contributed by atoms with Crippen LogP contribution in [0.5, 0.6) is 0 Å². The topological polar surface area (TPSA) is 37.0 Å². The zero-order valence-electron chi connectivity index (χ0n) is 15.5. The summed E-state index contributed by atoms with van der Waals surface area (Å²) in [6.45, 7) is 0. The van der Waals surface area contributed by atoms with Crippen LogP contribution in [0.3, 0.4) is 0 Å². The fraction of sp³-hybridized carbons (Fsp3) is 0. The van der Waals surface area contributed by atoms with E-state index in [2.05, 4.69) is 83.4 Å². The van der Waals surface area contributed by atoms with Crippen molar-refractivity contribution in [1.29, 1.82) is 0 Å². The molecule has 29 heavy (non-hydrogen) atoms. The van der Waals surface area contributed by atoms with Gasteiger partial charge in [-0.2, -0.15) is 0 Å². The van der Waals surface area contributed by atoms with Gasteiger partial charge < -0.3 is 10.6 Å². The molecule has 0 fully saturated rings. The fourth-order valence-electron chi connectivity index (χ4n) is 3.80. The lowest BCUT2D eigenvalue weighted by Gasteiger charge is -2.25. The number of thiazole rings is 1. The number of aromatic nitrogens is 1. The van der Waals surface area contributed by atoms with E-state index in [0.717, 1.165) is 38.8 Å². The van der Waals surface area contributed by atoms with Gasteiger partial charge in [-0.15, -0.1) is 11.3 Å². The Morgan fingerprint density at radius 1 is 0.586 bits per heavy atom. The van der Waals surface area contributed by atoms with E-state index in [1.54, 1.807) is 11.3 Å². The van der Waals surface area contributed by atoms with E-state index in [9.17, 15) is 0 Å². The first kappa shape index (κ1) is 16.3. The van der Waals surface area contributed by atoms with Crippen LogP contribution in [0.4, 0.5) is 22.7 Å². The zero-order valence-corrected chi connectivity index (χ0v) is 16.3. The standard InChI is InChI=1S/C25H17N3S/c1-2-8-20-19(7-1)26-22-10-5-6-18(24(22)27-20)16-12-14-17(15-13-16)25-28-21-9-3-4-11-23(21)29-25/h1-15,26-27H. The lowest BCUT2D eigenvalue weighted by molar-refractivity contribution is 1.44. The average Bonchev–Trinajstić information content (AvgIpc) is 3.22. The molecule has 1 aliphatic heterocycles. The molecule has 0 bridgehead atoms. The van der Waals surface area contributed by atoms with Gasteiger partial charge in [-0.25, -0.2) is 4.98 Å². The second kappa shape index (κ2) is 6.47. The molecule has 2 heterocycles. The van der Waals surface area contributed by atoms with E-state index in [1.165, 1.54) is 15.8 Å². The molecule has 5 aromatic rings. The summed E-state index contributed by atoms with van der Waals surface area (Å²) < 4.78 is 1.22. The third kappa shape index (κ3) is 2.77. The molecule has 0 spiro atoms. The molecule has 138 valence electrons. The molecule has 0 saturated heterocycles. The van der Waals surface area contributed by atoms with E-state index in [0.29, 0.717) is 0 Å². The molecule has 1 aromatic heterocycles. The van der Waals surface area contributed by atoms with Gasteiger partial charge in [0.1, 0.15) is 5.01 Å². The Morgan fingerprint density at radius 3 is 2.10 bits per heavy atom. The molecule has 0 saturated carbocycles. The van der Waals surface area contributed by atoms with Crippen LogP contribution in [-0.4, -0.2) is 4.98 Å². The largest absolute Gasteiger partial charge is 0.352 e. The highest BCUT2D eigenvalue weighted by atomic mass is 32.1. The summed E-state index contributed by atoms with van der Waals surface area (Å²) in [7, 11) is 0. The maximum Gasteiger partial charge on any atom is 0.124 e. The van der Waals surface area contributed by atoms with Gasteiger partial charge in [0, 0.05) is 11.1 Å². The van der Waals surface area contributed by atoms with Gasteiger partial charge in [-0.3, -0.25) is 0 Å². The monoisotopic (exact) mass is 391 g/mol. The molecular formula is C25H17N3S. The SMILES string of the molecule is c1ccc2c(c1)Nc1cccc(-c3ccc(-c4nc5ccccc5s4)cc3)c1N2. The van der Waals surface area contributed by atoms with Crippen molar-refractivity contribution in [3.05, 3.63) is 91.0 Å². The highest BCUT2D eigenvalue weighted by Crippen LogP contribution is 2.43. The lowest BCUT2D eigenvalue weighted by Crippen LogP contribution is -2.07. The van der Waals surface area contributed by atoms with Gasteiger partial charge in [0.05, 0.1) is 33.0 Å². The summed E-state index contributed by atoms with van der Waals surface area (Å²) in [4.78, 5) is 4.78. The Bertz CT molecular complexity index is 1320. The van der Waals surface area contributed by atoms with Crippen molar-refractivity contribution in [3.8, 4) is 21.7 Å². The van der Waals surface area contributed by atoms with Crippen molar-refractivity contribution in [1.82, 2.24) is 4.98 Å². The van der Waals surface area contributed by atoms with E-state index in [1.807, 2.05) is 18.2 Å². The number of nitrogens with zero attached hydrogens (tertiary/aromatic N) is 1. The van der Waals surface area contributed by atoms with Gasteiger partial charge >= 0.3 is 0 Å². The number of para-hydroxylation sites is 4. The van der Waals surface area contributed by atoms with Crippen molar-refractivity contribution < 1.29 is 0 Å². The van der Waals surface area contributed by atoms with Gasteiger partial charge in [0.2, 0.25) is 0 Å². The number of fused-ring (bicyclic) bond motifs is 3. The van der Waals surface area contributed by atoms with Gasteiger partial charge in [0.15, 0.2) is 0 Å². The number of anilines is 4. The minimum absolute atomic E-state index is 1.06. The van der Waals surface area contributed by atoms with Gasteiger partial charge in [-0.1, -0.05) is 60.7 Å². The summed E-state index contributed by atoms with van der Waals surface area (Å²) in [6.07, 6.45) is 0. The van der Waals surface area contributed by atoms with Crippen LogP contribution in [-0.2, 0) is 0 Å². The Hall–Kier alpha value is -3.63. The summed E-state index contributed by atoms with van der Waals surface area (Å²) in [5.41, 5.74) is 8.97. The molecule has 0 aliphatic carbocycles.